The van der Waals surface area contributed by atoms with E-state index in [1.165, 1.54) is 0 Å². The van der Waals surface area contributed by atoms with E-state index in [1.807, 2.05) is 42.5 Å². The Morgan fingerprint density at radius 1 is 1.20 bits per heavy atom. The highest BCUT2D eigenvalue weighted by Gasteiger charge is 2.04. The van der Waals surface area contributed by atoms with Crippen LogP contribution >= 0.6 is 23.4 Å². The van der Waals surface area contributed by atoms with Gasteiger partial charge in [0, 0.05) is 23.3 Å². The van der Waals surface area contributed by atoms with E-state index in [9.17, 15) is 4.79 Å². The minimum absolute atomic E-state index is 0.0233. The molecule has 0 aliphatic heterocycles. The predicted octanol–water partition coefficient (Wildman–Crippen LogP) is 3.53. The van der Waals surface area contributed by atoms with Crippen molar-refractivity contribution in [3.8, 4) is 0 Å². The van der Waals surface area contributed by atoms with Gasteiger partial charge in [0.15, 0.2) is 0 Å². The van der Waals surface area contributed by atoms with Crippen molar-refractivity contribution in [2.24, 2.45) is 0 Å². The molecule has 1 amide bonds. The summed E-state index contributed by atoms with van der Waals surface area (Å²) < 4.78 is 0. The third-order valence-electron chi connectivity index (χ3n) is 2.62. The van der Waals surface area contributed by atoms with E-state index in [2.05, 4.69) is 10.3 Å². The van der Waals surface area contributed by atoms with Crippen LogP contribution in [0.4, 0.5) is 0 Å². The first-order valence-electron chi connectivity index (χ1n) is 6.29. The summed E-state index contributed by atoms with van der Waals surface area (Å²) in [5.41, 5.74) is 0.861. The van der Waals surface area contributed by atoms with Gasteiger partial charge in [-0.3, -0.25) is 9.78 Å². The molecule has 5 heteroatoms. The first-order valence-corrected chi connectivity index (χ1v) is 7.66. The van der Waals surface area contributed by atoms with E-state index >= 15 is 0 Å². The lowest BCUT2D eigenvalue weighted by atomic mass is 10.3. The molecule has 1 aromatic heterocycles. The zero-order valence-electron chi connectivity index (χ0n) is 10.9. The molecule has 1 N–H and O–H groups in total. The Hall–Kier alpha value is -1.52. The second-order valence-electron chi connectivity index (χ2n) is 4.13. The molecule has 1 heterocycles. The standard InChI is InChI=1S/C15H15ClN2OS/c16-13-6-1-2-7-14(13)20-10-8-15(19)18-11-12-5-3-4-9-17-12/h1-7,9H,8,10-11H2,(H,18,19). The predicted molar refractivity (Wildman–Crippen MR) is 82.9 cm³/mol. The van der Waals surface area contributed by atoms with Crippen molar-refractivity contribution in [3.05, 3.63) is 59.4 Å². The largest absolute Gasteiger partial charge is 0.350 e. The third-order valence-corrected chi connectivity index (χ3v) is 4.13. The van der Waals surface area contributed by atoms with E-state index < -0.39 is 0 Å². The number of amides is 1. The number of pyridine rings is 1. The van der Waals surface area contributed by atoms with Crippen LogP contribution in [-0.4, -0.2) is 16.6 Å². The number of carbonyl (C=O) groups excluding carboxylic acids is 1. The van der Waals surface area contributed by atoms with Gasteiger partial charge < -0.3 is 5.32 Å². The maximum atomic E-state index is 11.7. The zero-order valence-corrected chi connectivity index (χ0v) is 12.5. The topological polar surface area (TPSA) is 42.0 Å². The van der Waals surface area contributed by atoms with Gasteiger partial charge in [-0.25, -0.2) is 0 Å². The minimum Gasteiger partial charge on any atom is -0.350 e. The van der Waals surface area contributed by atoms with Crippen molar-refractivity contribution < 1.29 is 4.79 Å². The molecule has 20 heavy (non-hydrogen) atoms. The lowest BCUT2D eigenvalue weighted by Crippen LogP contribution is -2.23. The maximum Gasteiger partial charge on any atom is 0.221 e. The monoisotopic (exact) mass is 306 g/mol. The third kappa shape index (κ3) is 4.87. The van der Waals surface area contributed by atoms with Crippen molar-refractivity contribution >= 4 is 29.3 Å². The molecule has 0 bridgehead atoms. The highest BCUT2D eigenvalue weighted by Crippen LogP contribution is 2.26. The fraction of sp³-hybridized carbons (Fsp3) is 0.200. The number of hydrogen-bond acceptors (Lipinski definition) is 3. The Balaban J connectivity index is 1.69. The molecule has 0 fully saturated rings. The number of nitrogens with one attached hydrogen (secondary N) is 1. The molecule has 3 nitrogen and oxygen atoms in total. The molecule has 104 valence electrons. The highest BCUT2D eigenvalue weighted by molar-refractivity contribution is 7.99. The van der Waals surface area contributed by atoms with Crippen molar-refractivity contribution in [2.45, 2.75) is 17.9 Å². The summed E-state index contributed by atoms with van der Waals surface area (Å²) in [6.07, 6.45) is 2.18. The second kappa shape index (κ2) is 7.92. The average molecular weight is 307 g/mol. The Kier molecular flexibility index (Phi) is 5.89. The number of carbonyl (C=O) groups is 1. The Labute approximate surface area is 127 Å². The summed E-state index contributed by atoms with van der Waals surface area (Å²) in [5.74, 6) is 0.729. The van der Waals surface area contributed by atoms with E-state index in [0.29, 0.717) is 18.7 Å². The van der Waals surface area contributed by atoms with Crippen LogP contribution in [0.5, 0.6) is 0 Å². The van der Waals surface area contributed by atoms with Crippen LogP contribution in [0, 0.1) is 0 Å². The Morgan fingerprint density at radius 3 is 2.75 bits per heavy atom. The quantitative estimate of drug-likeness (QED) is 0.830. The lowest BCUT2D eigenvalue weighted by molar-refractivity contribution is -0.120. The number of halogens is 1. The van der Waals surface area contributed by atoms with Gasteiger partial charge in [-0.1, -0.05) is 29.8 Å². The summed E-state index contributed by atoms with van der Waals surface area (Å²) in [6.45, 7) is 0.469. The van der Waals surface area contributed by atoms with Gasteiger partial charge in [0.05, 0.1) is 17.3 Å². The number of benzene rings is 1. The molecule has 0 saturated carbocycles. The van der Waals surface area contributed by atoms with Crippen molar-refractivity contribution in [1.29, 1.82) is 0 Å². The van der Waals surface area contributed by atoms with Crippen LogP contribution < -0.4 is 5.32 Å². The molecule has 2 aromatic rings. The van der Waals surface area contributed by atoms with E-state index in [1.54, 1.807) is 18.0 Å². The van der Waals surface area contributed by atoms with E-state index in [-0.39, 0.29) is 5.91 Å². The number of hydrogen-bond donors (Lipinski definition) is 1. The van der Waals surface area contributed by atoms with Crippen molar-refractivity contribution in [3.63, 3.8) is 0 Å². The molecule has 1 aromatic carbocycles. The van der Waals surface area contributed by atoms with Crippen molar-refractivity contribution in [2.75, 3.05) is 5.75 Å². The molecule has 0 spiro atoms. The number of aromatic nitrogens is 1. The Morgan fingerprint density at radius 2 is 2.00 bits per heavy atom. The molecule has 0 aliphatic rings. The number of nitrogens with zero attached hydrogens (tertiary/aromatic N) is 1. The van der Waals surface area contributed by atoms with Gasteiger partial charge >= 0.3 is 0 Å². The highest BCUT2D eigenvalue weighted by atomic mass is 35.5. The van der Waals surface area contributed by atoms with Crippen LogP contribution in [-0.2, 0) is 11.3 Å². The summed E-state index contributed by atoms with van der Waals surface area (Å²) in [4.78, 5) is 16.9. The molecular formula is C15H15ClN2OS. The molecule has 0 aliphatic carbocycles. The fourth-order valence-electron chi connectivity index (χ4n) is 1.60. The molecule has 2 rings (SSSR count). The number of thioether (sulfide) groups is 1. The van der Waals surface area contributed by atoms with Gasteiger partial charge in [-0.05, 0) is 24.3 Å². The van der Waals surface area contributed by atoms with Gasteiger partial charge in [-0.2, -0.15) is 0 Å². The van der Waals surface area contributed by atoms with Crippen LogP contribution in [0.1, 0.15) is 12.1 Å². The first kappa shape index (κ1) is 14.9. The first-order chi connectivity index (χ1) is 9.75. The summed E-state index contributed by atoms with van der Waals surface area (Å²) in [7, 11) is 0. The normalized spacial score (nSPS) is 10.2. The minimum atomic E-state index is 0.0233. The number of rotatable bonds is 6. The lowest BCUT2D eigenvalue weighted by Gasteiger charge is -2.05. The van der Waals surface area contributed by atoms with Gasteiger partial charge in [0.1, 0.15) is 0 Å². The van der Waals surface area contributed by atoms with Crippen LogP contribution in [0.2, 0.25) is 5.02 Å². The molecule has 0 atom stereocenters. The van der Waals surface area contributed by atoms with Crippen LogP contribution in [0.25, 0.3) is 0 Å². The van der Waals surface area contributed by atoms with E-state index in [0.717, 1.165) is 15.6 Å². The SMILES string of the molecule is O=C(CCSc1ccccc1Cl)NCc1ccccn1. The Bertz CT molecular complexity index is 563. The maximum absolute atomic E-state index is 11.7. The second-order valence-corrected chi connectivity index (χ2v) is 5.67. The fourth-order valence-corrected chi connectivity index (χ4v) is 2.78. The van der Waals surface area contributed by atoms with E-state index in [4.69, 9.17) is 11.6 Å². The van der Waals surface area contributed by atoms with Crippen LogP contribution in [0.15, 0.2) is 53.6 Å². The van der Waals surface area contributed by atoms with Crippen molar-refractivity contribution in [1.82, 2.24) is 10.3 Å². The molecule has 0 radical (unpaired) electrons. The molecule has 0 saturated heterocycles. The van der Waals surface area contributed by atoms with Gasteiger partial charge in [0.2, 0.25) is 5.91 Å². The molecular weight excluding hydrogens is 292 g/mol. The van der Waals surface area contributed by atoms with Gasteiger partial charge in [0.25, 0.3) is 0 Å². The zero-order chi connectivity index (χ0) is 14.2. The summed E-state index contributed by atoms with van der Waals surface area (Å²) in [6, 6.07) is 13.3. The summed E-state index contributed by atoms with van der Waals surface area (Å²) in [5, 5.41) is 3.58. The summed E-state index contributed by atoms with van der Waals surface area (Å²) >= 11 is 7.64. The average Bonchev–Trinajstić information content (AvgIpc) is 2.48. The molecule has 0 unspecified atom stereocenters. The van der Waals surface area contributed by atoms with Crippen LogP contribution in [0.3, 0.4) is 0 Å². The smallest absolute Gasteiger partial charge is 0.221 e. The van der Waals surface area contributed by atoms with Gasteiger partial charge in [-0.15, -0.1) is 11.8 Å².